The molecule has 1 aromatic heterocycles. The Balaban J connectivity index is 1.76. The highest BCUT2D eigenvalue weighted by atomic mass is 15.4. The topological polar surface area (TPSA) is 49.2 Å². The van der Waals surface area contributed by atoms with E-state index in [0.717, 1.165) is 38.4 Å². The van der Waals surface area contributed by atoms with Gasteiger partial charge < -0.3 is 15.1 Å². The summed E-state index contributed by atoms with van der Waals surface area (Å²) in [6, 6.07) is 0. The molecule has 1 aromatic rings. The van der Waals surface area contributed by atoms with Crippen LogP contribution in [0.4, 0.5) is 0 Å². The fraction of sp³-hybridized carbons (Fsp3) is 0.867. The summed E-state index contributed by atoms with van der Waals surface area (Å²) in [4.78, 5) is 4.82. The fourth-order valence-corrected chi connectivity index (χ4v) is 2.97. The summed E-state index contributed by atoms with van der Waals surface area (Å²) in [5.41, 5.74) is 1.41. The van der Waals surface area contributed by atoms with Crippen LogP contribution >= 0.6 is 0 Å². The van der Waals surface area contributed by atoms with Gasteiger partial charge in [0.15, 0.2) is 0 Å². The second-order valence-electron chi connectivity index (χ2n) is 6.46. The first-order valence-electron chi connectivity index (χ1n) is 8.01. The zero-order chi connectivity index (χ0) is 15.3. The van der Waals surface area contributed by atoms with Gasteiger partial charge in [-0.1, -0.05) is 12.1 Å². The Bertz CT molecular complexity index is 424. The average Bonchev–Trinajstić information content (AvgIpc) is 2.85. The predicted octanol–water partition coefficient (Wildman–Crippen LogP) is 0.804. The fourth-order valence-electron chi connectivity index (χ4n) is 2.97. The molecule has 1 aliphatic rings. The van der Waals surface area contributed by atoms with Gasteiger partial charge in [0.05, 0.1) is 12.2 Å². The molecule has 0 atom stereocenters. The van der Waals surface area contributed by atoms with Gasteiger partial charge in [-0.05, 0) is 47.0 Å². The van der Waals surface area contributed by atoms with E-state index in [9.17, 15) is 0 Å². The quantitative estimate of drug-likeness (QED) is 0.730. The number of likely N-dealkylation sites (N-methyl/N-ethyl adjacent to an activating group) is 2. The van der Waals surface area contributed by atoms with E-state index in [-0.39, 0.29) is 0 Å². The average molecular weight is 294 g/mol. The van der Waals surface area contributed by atoms with E-state index in [4.69, 9.17) is 0 Å². The number of rotatable bonds is 9. The summed E-state index contributed by atoms with van der Waals surface area (Å²) >= 11 is 0. The van der Waals surface area contributed by atoms with Crippen LogP contribution in [0.15, 0.2) is 6.20 Å². The standard InChI is InChI=1S/C15H30N6/c1-5-16-11-14-12-21(18-17-14)10-9-20(4)13-15(19(2)3)7-6-8-15/h12,16H,5-11,13H2,1-4H3. The monoisotopic (exact) mass is 294 g/mol. The molecule has 1 N–H and O–H groups in total. The largest absolute Gasteiger partial charge is 0.311 e. The Hall–Kier alpha value is -0.980. The van der Waals surface area contributed by atoms with Crippen molar-refractivity contribution in [3.05, 3.63) is 11.9 Å². The highest BCUT2D eigenvalue weighted by molar-refractivity contribution is 4.98. The molecule has 0 aromatic carbocycles. The molecule has 1 aliphatic carbocycles. The molecule has 0 bridgehead atoms. The Kier molecular flexibility index (Phi) is 5.72. The van der Waals surface area contributed by atoms with Gasteiger partial charge >= 0.3 is 0 Å². The molecule has 6 nitrogen and oxygen atoms in total. The molecule has 120 valence electrons. The van der Waals surface area contributed by atoms with Crippen LogP contribution in [0.5, 0.6) is 0 Å². The van der Waals surface area contributed by atoms with Crippen LogP contribution in [0, 0.1) is 0 Å². The zero-order valence-electron chi connectivity index (χ0n) is 14.0. The van der Waals surface area contributed by atoms with Crippen LogP contribution in [0.25, 0.3) is 0 Å². The minimum absolute atomic E-state index is 0.396. The molecule has 1 saturated carbocycles. The van der Waals surface area contributed by atoms with E-state index < -0.39 is 0 Å². The van der Waals surface area contributed by atoms with Crippen molar-refractivity contribution in [1.82, 2.24) is 30.1 Å². The molecular formula is C15H30N6. The maximum absolute atomic E-state index is 4.20. The van der Waals surface area contributed by atoms with E-state index in [0.29, 0.717) is 5.54 Å². The van der Waals surface area contributed by atoms with Crippen LogP contribution in [0.2, 0.25) is 0 Å². The van der Waals surface area contributed by atoms with Gasteiger partial charge in [-0.3, -0.25) is 4.68 Å². The van der Waals surface area contributed by atoms with Crippen molar-refractivity contribution in [3.8, 4) is 0 Å². The van der Waals surface area contributed by atoms with Crippen LogP contribution in [-0.4, -0.2) is 71.1 Å². The van der Waals surface area contributed by atoms with E-state index in [2.05, 4.69) is 53.5 Å². The Morgan fingerprint density at radius 3 is 2.67 bits per heavy atom. The van der Waals surface area contributed by atoms with Crippen molar-refractivity contribution in [2.24, 2.45) is 0 Å². The van der Waals surface area contributed by atoms with Gasteiger partial charge in [-0.2, -0.15) is 0 Å². The minimum atomic E-state index is 0.396. The van der Waals surface area contributed by atoms with Crippen LogP contribution in [0.1, 0.15) is 31.9 Å². The lowest BCUT2D eigenvalue weighted by Crippen LogP contribution is -2.56. The summed E-state index contributed by atoms with van der Waals surface area (Å²) < 4.78 is 1.95. The molecule has 0 saturated heterocycles. The maximum Gasteiger partial charge on any atom is 0.0964 e. The lowest BCUT2D eigenvalue weighted by atomic mass is 9.75. The summed E-state index contributed by atoms with van der Waals surface area (Å²) in [5.74, 6) is 0. The first-order valence-corrected chi connectivity index (χ1v) is 8.01. The maximum atomic E-state index is 4.20. The SMILES string of the molecule is CCNCc1cn(CCN(C)CC2(N(C)C)CCC2)nn1. The van der Waals surface area contributed by atoms with Gasteiger partial charge in [-0.15, -0.1) is 5.10 Å². The highest BCUT2D eigenvalue weighted by Crippen LogP contribution is 2.36. The summed E-state index contributed by atoms with van der Waals surface area (Å²) in [5, 5.41) is 11.7. The number of nitrogens with one attached hydrogen (secondary N) is 1. The van der Waals surface area contributed by atoms with Gasteiger partial charge in [0.2, 0.25) is 0 Å². The van der Waals surface area contributed by atoms with Gasteiger partial charge in [-0.25, -0.2) is 0 Å². The molecular weight excluding hydrogens is 264 g/mol. The molecule has 0 aliphatic heterocycles. The second-order valence-corrected chi connectivity index (χ2v) is 6.46. The van der Waals surface area contributed by atoms with Crippen molar-refractivity contribution < 1.29 is 0 Å². The molecule has 1 fully saturated rings. The Labute approximate surface area is 128 Å². The lowest BCUT2D eigenvalue weighted by molar-refractivity contribution is 0.0269. The van der Waals surface area contributed by atoms with Gasteiger partial charge in [0, 0.05) is 31.4 Å². The minimum Gasteiger partial charge on any atom is -0.311 e. The van der Waals surface area contributed by atoms with E-state index in [1.807, 2.05) is 10.9 Å². The molecule has 0 amide bonds. The predicted molar refractivity (Wildman–Crippen MR) is 85.2 cm³/mol. The number of aromatic nitrogens is 3. The summed E-state index contributed by atoms with van der Waals surface area (Å²) in [7, 11) is 6.62. The number of hydrogen-bond acceptors (Lipinski definition) is 5. The van der Waals surface area contributed by atoms with Crippen molar-refractivity contribution in [1.29, 1.82) is 0 Å². The molecule has 6 heteroatoms. The van der Waals surface area contributed by atoms with Crippen LogP contribution in [0.3, 0.4) is 0 Å². The first-order chi connectivity index (χ1) is 10.1. The number of nitrogens with zero attached hydrogens (tertiary/aromatic N) is 5. The third-order valence-corrected chi connectivity index (χ3v) is 4.65. The third kappa shape index (κ3) is 4.25. The van der Waals surface area contributed by atoms with Crippen molar-refractivity contribution in [3.63, 3.8) is 0 Å². The molecule has 0 radical (unpaired) electrons. The third-order valence-electron chi connectivity index (χ3n) is 4.65. The zero-order valence-corrected chi connectivity index (χ0v) is 14.0. The van der Waals surface area contributed by atoms with Crippen LogP contribution in [-0.2, 0) is 13.1 Å². The molecule has 0 spiro atoms. The summed E-state index contributed by atoms with van der Waals surface area (Å²) in [6.45, 7) is 6.91. The molecule has 2 rings (SSSR count). The van der Waals surface area contributed by atoms with E-state index in [1.54, 1.807) is 0 Å². The van der Waals surface area contributed by atoms with E-state index in [1.165, 1.54) is 19.3 Å². The van der Waals surface area contributed by atoms with Crippen molar-refractivity contribution in [2.45, 2.75) is 44.8 Å². The summed E-state index contributed by atoms with van der Waals surface area (Å²) in [6.07, 6.45) is 6.05. The second kappa shape index (κ2) is 7.33. The molecule has 1 heterocycles. The highest BCUT2D eigenvalue weighted by Gasteiger charge is 2.39. The van der Waals surface area contributed by atoms with Gasteiger partial charge in [0.25, 0.3) is 0 Å². The normalized spacial score (nSPS) is 17.4. The lowest BCUT2D eigenvalue weighted by Gasteiger charge is -2.49. The molecule has 0 unspecified atom stereocenters. The van der Waals surface area contributed by atoms with Crippen molar-refractivity contribution >= 4 is 0 Å². The smallest absolute Gasteiger partial charge is 0.0964 e. The van der Waals surface area contributed by atoms with E-state index >= 15 is 0 Å². The van der Waals surface area contributed by atoms with Gasteiger partial charge in [0.1, 0.15) is 0 Å². The number of hydrogen-bond donors (Lipinski definition) is 1. The molecule has 21 heavy (non-hydrogen) atoms. The van der Waals surface area contributed by atoms with Crippen molar-refractivity contribution in [2.75, 3.05) is 40.8 Å². The Morgan fingerprint density at radius 2 is 2.10 bits per heavy atom. The Morgan fingerprint density at radius 1 is 1.33 bits per heavy atom. The first kappa shape index (κ1) is 16.4. The van der Waals surface area contributed by atoms with Crippen LogP contribution < -0.4 is 5.32 Å².